The molecule has 1 atom stereocenters. The number of amides is 1. The number of nitrogens with zero attached hydrogens (tertiary/aromatic N) is 2. The molecule has 0 saturated carbocycles. The summed E-state index contributed by atoms with van der Waals surface area (Å²) in [5, 5.41) is 0. The molecule has 1 aliphatic carbocycles. The van der Waals surface area contributed by atoms with Gasteiger partial charge < -0.3 is 14.9 Å². The fourth-order valence-electron chi connectivity index (χ4n) is 3.98. The second kappa shape index (κ2) is 7.30. The SMILES string of the molecule is COC1=CC=C(C(N)=O)CC1(c1ccc(-c2cn3cc(C)ccc3n2)cc1)C(F)(F)F. The number of allylic oxidation sites excluding steroid dienone is 3. The molecule has 0 radical (unpaired) electrons. The molecule has 1 amide bonds. The molecule has 0 aliphatic heterocycles. The van der Waals surface area contributed by atoms with Crippen molar-refractivity contribution in [1.29, 1.82) is 0 Å². The van der Waals surface area contributed by atoms with Crippen molar-refractivity contribution < 1.29 is 22.7 Å². The smallest absolute Gasteiger partial charge is 0.405 e. The lowest BCUT2D eigenvalue weighted by molar-refractivity contribution is -0.189. The van der Waals surface area contributed by atoms with E-state index in [9.17, 15) is 18.0 Å². The van der Waals surface area contributed by atoms with E-state index in [4.69, 9.17) is 10.5 Å². The Labute approximate surface area is 176 Å². The molecule has 5 nitrogen and oxygen atoms in total. The zero-order valence-corrected chi connectivity index (χ0v) is 16.9. The standard InChI is InChI=1S/C23H20F3N3O2/c1-14-3-10-20-28-18(13-29(20)12-14)15-4-7-17(8-5-15)22(23(24,25)26)11-16(21(27)30)6-9-19(22)31-2/h3-10,12-13H,11H2,1-2H3,(H2,27,30). The van der Waals surface area contributed by atoms with Gasteiger partial charge in [-0.15, -0.1) is 0 Å². The van der Waals surface area contributed by atoms with E-state index in [2.05, 4.69) is 4.98 Å². The Morgan fingerprint density at radius 3 is 2.45 bits per heavy atom. The zero-order valence-electron chi connectivity index (χ0n) is 16.9. The number of nitrogens with two attached hydrogens (primary N) is 1. The quantitative estimate of drug-likeness (QED) is 0.669. The number of fused-ring (bicyclic) bond motifs is 1. The summed E-state index contributed by atoms with van der Waals surface area (Å²) in [6, 6.07) is 9.79. The lowest BCUT2D eigenvalue weighted by Gasteiger charge is -2.39. The summed E-state index contributed by atoms with van der Waals surface area (Å²) in [7, 11) is 1.18. The van der Waals surface area contributed by atoms with E-state index in [0.717, 1.165) is 17.3 Å². The van der Waals surface area contributed by atoms with Gasteiger partial charge in [-0.1, -0.05) is 36.4 Å². The first-order chi connectivity index (χ1) is 14.7. The van der Waals surface area contributed by atoms with Crippen LogP contribution < -0.4 is 5.73 Å². The lowest BCUT2D eigenvalue weighted by atomic mass is 9.70. The molecule has 0 spiro atoms. The number of aryl methyl sites for hydroxylation is 1. The molecule has 0 saturated heterocycles. The minimum Gasteiger partial charge on any atom is -0.500 e. The third-order valence-corrected chi connectivity index (χ3v) is 5.60. The Morgan fingerprint density at radius 1 is 1.13 bits per heavy atom. The summed E-state index contributed by atoms with van der Waals surface area (Å²) >= 11 is 0. The number of aromatic nitrogens is 2. The molecule has 0 fully saturated rings. The van der Waals surface area contributed by atoms with Crippen LogP contribution in [0.1, 0.15) is 17.5 Å². The van der Waals surface area contributed by atoms with Crippen molar-refractivity contribution in [3.63, 3.8) is 0 Å². The Bertz CT molecular complexity index is 1220. The van der Waals surface area contributed by atoms with Crippen molar-refractivity contribution in [2.45, 2.75) is 24.9 Å². The summed E-state index contributed by atoms with van der Waals surface area (Å²) in [6.45, 7) is 1.96. The van der Waals surface area contributed by atoms with Crippen LogP contribution in [0.4, 0.5) is 13.2 Å². The Morgan fingerprint density at radius 2 is 1.84 bits per heavy atom. The maximum Gasteiger partial charge on any atom is 0.405 e. The van der Waals surface area contributed by atoms with Gasteiger partial charge >= 0.3 is 6.18 Å². The molecular weight excluding hydrogens is 407 g/mol. The molecule has 160 valence electrons. The van der Waals surface area contributed by atoms with Crippen LogP contribution in [0.15, 0.2) is 72.3 Å². The van der Waals surface area contributed by atoms with E-state index in [0.29, 0.717) is 11.3 Å². The van der Waals surface area contributed by atoms with Crippen LogP contribution in [0, 0.1) is 6.92 Å². The number of rotatable bonds is 4. The molecule has 2 heterocycles. The number of halogens is 3. The monoisotopic (exact) mass is 427 g/mol. The number of primary amides is 1. The number of carbonyl (C=O) groups excluding carboxylic acids is 1. The maximum absolute atomic E-state index is 14.4. The molecule has 1 aromatic carbocycles. The molecule has 2 aromatic heterocycles. The van der Waals surface area contributed by atoms with E-state index in [-0.39, 0.29) is 16.9 Å². The van der Waals surface area contributed by atoms with Crippen molar-refractivity contribution in [3.05, 3.63) is 83.4 Å². The molecule has 2 N–H and O–H groups in total. The van der Waals surface area contributed by atoms with Gasteiger partial charge in [0.25, 0.3) is 0 Å². The summed E-state index contributed by atoms with van der Waals surface area (Å²) in [5.41, 5.74) is 5.75. The fraction of sp³-hybridized carbons (Fsp3) is 0.217. The number of ether oxygens (including phenoxy) is 1. The van der Waals surface area contributed by atoms with Crippen LogP contribution in [0.3, 0.4) is 0 Å². The molecule has 31 heavy (non-hydrogen) atoms. The number of hydrogen-bond acceptors (Lipinski definition) is 3. The number of alkyl halides is 3. The van der Waals surface area contributed by atoms with Crippen LogP contribution in [0.2, 0.25) is 0 Å². The highest BCUT2D eigenvalue weighted by atomic mass is 19.4. The lowest BCUT2D eigenvalue weighted by Crippen LogP contribution is -2.47. The van der Waals surface area contributed by atoms with Gasteiger partial charge in [-0.05, 0) is 30.2 Å². The number of carbonyl (C=O) groups is 1. The van der Waals surface area contributed by atoms with Crippen molar-refractivity contribution in [2.24, 2.45) is 5.73 Å². The van der Waals surface area contributed by atoms with Gasteiger partial charge in [-0.25, -0.2) is 4.98 Å². The van der Waals surface area contributed by atoms with E-state index in [1.165, 1.54) is 25.3 Å². The third kappa shape index (κ3) is 3.37. The Hall–Kier alpha value is -3.55. The average molecular weight is 427 g/mol. The first-order valence-electron chi connectivity index (χ1n) is 9.54. The topological polar surface area (TPSA) is 69.6 Å². The highest BCUT2D eigenvalue weighted by molar-refractivity contribution is 5.93. The van der Waals surface area contributed by atoms with Gasteiger partial charge in [0.1, 0.15) is 11.4 Å². The highest BCUT2D eigenvalue weighted by Gasteiger charge is 2.60. The highest BCUT2D eigenvalue weighted by Crippen LogP contribution is 2.52. The van der Waals surface area contributed by atoms with Crippen molar-refractivity contribution in [2.75, 3.05) is 7.11 Å². The van der Waals surface area contributed by atoms with E-state index >= 15 is 0 Å². The predicted octanol–water partition coefficient (Wildman–Crippen LogP) is 4.46. The first kappa shape index (κ1) is 20.7. The largest absolute Gasteiger partial charge is 0.500 e. The Balaban J connectivity index is 1.80. The van der Waals surface area contributed by atoms with Gasteiger partial charge in [0.05, 0.1) is 12.8 Å². The summed E-state index contributed by atoms with van der Waals surface area (Å²) in [4.78, 5) is 16.2. The van der Waals surface area contributed by atoms with Crippen LogP contribution in [-0.2, 0) is 14.9 Å². The van der Waals surface area contributed by atoms with E-state index in [1.807, 2.05) is 35.9 Å². The number of benzene rings is 1. The van der Waals surface area contributed by atoms with Crippen molar-refractivity contribution in [1.82, 2.24) is 9.38 Å². The first-order valence-corrected chi connectivity index (χ1v) is 9.54. The normalized spacial score (nSPS) is 19.1. The maximum atomic E-state index is 14.4. The molecule has 4 rings (SSSR count). The molecule has 8 heteroatoms. The minimum absolute atomic E-state index is 0.0386. The molecule has 1 aliphatic rings. The number of hydrogen-bond donors (Lipinski definition) is 1. The third-order valence-electron chi connectivity index (χ3n) is 5.60. The number of methoxy groups -OCH3 is 1. The van der Waals surface area contributed by atoms with E-state index in [1.54, 1.807) is 12.1 Å². The number of pyridine rings is 1. The molecular formula is C23H20F3N3O2. The summed E-state index contributed by atoms with van der Waals surface area (Å²) < 4.78 is 50.3. The molecule has 1 unspecified atom stereocenters. The zero-order chi connectivity index (χ0) is 22.4. The van der Waals surface area contributed by atoms with E-state index < -0.39 is 23.9 Å². The molecule has 3 aromatic rings. The van der Waals surface area contributed by atoms with Gasteiger partial charge in [0, 0.05) is 30.0 Å². The average Bonchev–Trinajstić information content (AvgIpc) is 3.15. The fourth-order valence-corrected chi connectivity index (χ4v) is 3.98. The summed E-state index contributed by atoms with van der Waals surface area (Å²) in [5.74, 6) is -1.18. The predicted molar refractivity (Wildman–Crippen MR) is 110 cm³/mol. The van der Waals surface area contributed by atoms with Crippen molar-refractivity contribution in [3.8, 4) is 11.3 Å². The number of imidazole rings is 1. The van der Waals surface area contributed by atoms with Crippen LogP contribution in [-0.4, -0.2) is 28.6 Å². The Kier molecular flexibility index (Phi) is 4.88. The minimum atomic E-state index is -4.72. The van der Waals surface area contributed by atoms with Gasteiger partial charge in [0.15, 0.2) is 5.41 Å². The van der Waals surface area contributed by atoms with Crippen LogP contribution in [0.25, 0.3) is 16.9 Å². The van der Waals surface area contributed by atoms with Gasteiger partial charge in [0.2, 0.25) is 5.91 Å². The van der Waals surface area contributed by atoms with Gasteiger partial charge in [-0.3, -0.25) is 4.79 Å². The second-order valence-corrected chi connectivity index (χ2v) is 7.55. The van der Waals surface area contributed by atoms with Gasteiger partial charge in [-0.2, -0.15) is 13.2 Å². The second-order valence-electron chi connectivity index (χ2n) is 7.55. The van der Waals surface area contributed by atoms with Crippen molar-refractivity contribution >= 4 is 11.6 Å². The van der Waals surface area contributed by atoms with Crippen LogP contribution >= 0.6 is 0 Å². The summed E-state index contributed by atoms with van der Waals surface area (Å²) in [6.07, 6.45) is 0.845. The molecule has 0 bridgehead atoms. The van der Waals surface area contributed by atoms with Crippen LogP contribution in [0.5, 0.6) is 0 Å².